The molecule has 5 heteroatoms. The first-order valence-corrected chi connectivity index (χ1v) is 5.41. The zero-order valence-corrected chi connectivity index (χ0v) is 9.27. The van der Waals surface area contributed by atoms with E-state index >= 15 is 0 Å². The summed E-state index contributed by atoms with van der Waals surface area (Å²) in [6, 6.07) is 5.32. The molecule has 0 bridgehead atoms. The van der Waals surface area contributed by atoms with Gasteiger partial charge < -0.3 is 9.84 Å². The number of phenolic OH excluding ortho intramolecular Hbond substituents is 1. The van der Waals surface area contributed by atoms with Crippen molar-refractivity contribution in [1.82, 2.24) is 4.90 Å². The van der Waals surface area contributed by atoms with Crippen LogP contribution in [0.15, 0.2) is 18.2 Å². The zero-order valence-electron chi connectivity index (χ0n) is 9.27. The van der Waals surface area contributed by atoms with Gasteiger partial charge in [0.05, 0.1) is 19.3 Å². The number of nitrogens with zero attached hydrogens (tertiary/aromatic N) is 2. The van der Waals surface area contributed by atoms with Crippen molar-refractivity contribution >= 4 is 0 Å². The van der Waals surface area contributed by atoms with E-state index in [0.29, 0.717) is 31.9 Å². The third kappa shape index (κ3) is 2.73. The van der Waals surface area contributed by atoms with E-state index in [1.54, 1.807) is 0 Å². The van der Waals surface area contributed by atoms with Crippen molar-refractivity contribution < 1.29 is 14.2 Å². The Morgan fingerprint density at radius 2 is 2.06 bits per heavy atom. The van der Waals surface area contributed by atoms with Crippen molar-refractivity contribution in [2.75, 3.05) is 26.3 Å². The van der Waals surface area contributed by atoms with Crippen molar-refractivity contribution in [3.8, 4) is 11.8 Å². The largest absolute Gasteiger partial charge is 0.508 e. The molecular weight excluding hydrogens is 223 g/mol. The number of nitriles is 1. The first-order valence-electron chi connectivity index (χ1n) is 5.41. The fourth-order valence-corrected chi connectivity index (χ4v) is 1.96. The molecule has 1 fully saturated rings. The van der Waals surface area contributed by atoms with E-state index in [4.69, 9.17) is 4.74 Å². The van der Waals surface area contributed by atoms with E-state index in [-0.39, 0.29) is 5.75 Å². The van der Waals surface area contributed by atoms with Gasteiger partial charge in [-0.1, -0.05) is 0 Å². The number of halogens is 1. The van der Waals surface area contributed by atoms with Gasteiger partial charge in [-0.25, -0.2) is 4.39 Å². The molecule has 1 unspecified atom stereocenters. The van der Waals surface area contributed by atoms with Crippen LogP contribution >= 0.6 is 0 Å². The van der Waals surface area contributed by atoms with Crippen LogP contribution in [0.2, 0.25) is 0 Å². The van der Waals surface area contributed by atoms with Crippen molar-refractivity contribution in [2.24, 2.45) is 0 Å². The Hall–Kier alpha value is -1.64. The van der Waals surface area contributed by atoms with E-state index in [1.165, 1.54) is 12.1 Å². The number of hydrogen-bond acceptors (Lipinski definition) is 4. The highest BCUT2D eigenvalue weighted by atomic mass is 19.1. The monoisotopic (exact) mass is 236 g/mol. The molecule has 1 N–H and O–H groups in total. The number of benzene rings is 1. The Labute approximate surface area is 98.8 Å². The van der Waals surface area contributed by atoms with Gasteiger partial charge in [0.15, 0.2) is 0 Å². The minimum Gasteiger partial charge on any atom is -0.508 e. The molecule has 1 heterocycles. The van der Waals surface area contributed by atoms with E-state index in [2.05, 4.69) is 6.07 Å². The van der Waals surface area contributed by atoms with Crippen LogP contribution in [0.3, 0.4) is 0 Å². The highest BCUT2D eigenvalue weighted by Crippen LogP contribution is 2.25. The van der Waals surface area contributed by atoms with Gasteiger partial charge in [-0.3, -0.25) is 4.90 Å². The van der Waals surface area contributed by atoms with Crippen molar-refractivity contribution in [1.29, 1.82) is 5.26 Å². The van der Waals surface area contributed by atoms with Crippen molar-refractivity contribution in [3.63, 3.8) is 0 Å². The summed E-state index contributed by atoms with van der Waals surface area (Å²) in [5, 5.41) is 18.5. The molecule has 17 heavy (non-hydrogen) atoms. The standard InChI is InChI=1S/C12H13FN2O2/c13-10-5-9(6-11(16)7-10)12(8-14)15-1-3-17-4-2-15/h5-7,12,16H,1-4H2. The minimum absolute atomic E-state index is 0.159. The molecule has 0 aromatic heterocycles. The van der Waals surface area contributed by atoms with Gasteiger partial charge in [0.2, 0.25) is 0 Å². The van der Waals surface area contributed by atoms with Gasteiger partial charge in [-0.15, -0.1) is 0 Å². The molecule has 90 valence electrons. The lowest BCUT2D eigenvalue weighted by molar-refractivity contribution is 0.0266. The van der Waals surface area contributed by atoms with Crippen LogP contribution in [-0.4, -0.2) is 36.3 Å². The maximum absolute atomic E-state index is 13.2. The first kappa shape index (κ1) is 11.8. The number of ether oxygens (including phenoxy) is 1. The van der Waals surface area contributed by atoms with Crippen LogP contribution in [0.1, 0.15) is 11.6 Å². The summed E-state index contributed by atoms with van der Waals surface area (Å²) in [6.07, 6.45) is 0. The molecule has 1 aliphatic heterocycles. The van der Waals surface area contributed by atoms with Gasteiger partial charge >= 0.3 is 0 Å². The summed E-state index contributed by atoms with van der Waals surface area (Å²) in [6.45, 7) is 2.41. The summed E-state index contributed by atoms with van der Waals surface area (Å²) >= 11 is 0. The molecule has 1 aromatic carbocycles. The predicted octanol–water partition coefficient (Wildman–Crippen LogP) is 1.43. The third-order valence-corrected chi connectivity index (χ3v) is 2.75. The average Bonchev–Trinajstić information content (AvgIpc) is 2.30. The molecule has 1 saturated heterocycles. The molecule has 0 saturated carbocycles. The van der Waals surface area contributed by atoms with Gasteiger partial charge in [-0.2, -0.15) is 5.26 Å². The maximum Gasteiger partial charge on any atom is 0.127 e. The average molecular weight is 236 g/mol. The van der Waals surface area contributed by atoms with E-state index in [0.717, 1.165) is 6.07 Å². The number of morpholine rings is 1. The zero-order chi connectivity index (χ0) is 12.3. The summed E-state index contributed by atoms with van der Waals surface area (Å²) < 4.78 is 18.4. The number of rotatable bonds is 2. The smallest absolute Gasteiger partial charge is 0.127 e. The summed E-state index contributed by atoms with van der Waals surface area (Å²) in [4.78, 5) is 1.91. The Morgan fingerprint density at radius 1 is 1.35 bits per heavy atom. The molecule has 1 aromatic rings. The fourth-order valence-electron chi connectivity index (χ4n) is 1.96. The molecule has 0 amide bonds. The second-order valence-corrected chi connectivity index (χ2v) is 3.92. The van der Waals surface area contributed by atoms with E-state index in [1.807, 2.05) is 4.90 Å². The lowest BCUT2D eigenvalue weighted by atomic mass is 10.1. The van der Waals surface area contributed by atoms with Crippen LogP contribution in [0.5, 0.6) is 5.75 Å². The van der Waals surface area contributed by atoms with Crippen LogP contribution < -0.4 is 0 Å². The molecule has 1 atom stereocenters. The minimum atomic E-state index is -0.541. The van der Waals surface area contributed by atoms with E-state index in [9.17, 15) is 14.8 Å². The molecule has 0 radical (unpaired) electrons. The second kappa shape index (κ2) is 5.13. The van der Waals surface area contributed by atoms with Gasteiger partial charge in [-0.05, 0) is 17.7 Å². The van der Waals surface area contributed by atoms with E-state index < -0.39 is 11.9 Å². The topological polar surface area (TPSA) is 56.5 Å². The quantitative estimate of drug-likeness (QED) is 0.844. The van der Waals surface area contributed by atoms with Crippen molar-refractivity contribution in [3.05, 3.63) is 29.6 Å². The van der Waals surface area contributed by atoms with Crippen LogP contribution in [0.4, 0.5) is 4.39 Å². The number of hydrogen-bond donors (Lipinski definition) is 1. The first-order chi connectivity index (χ1) is 8.20. The van der Waals surface area contributed by atoms with Crippen molar-refractivity contribution in [2.45, 2.75) is 6.04 Å². The lowest BCUT2D eigenvalue weighted by Gasteiger charge is -2.30. The highest BCUT2D eigenvalue weighted by molar-refractivity contribution is 5.33. The molecule has 1 aliphatic rings. The Bertz CT molecular complexity index is 418. The summed E-state index contributed by atoms with van der Waals surface area (Å²) in [5.74, 6) is -0.693. The normalized spacial score (nSPS) is 18.6. The lowest BCUT2D eigenvalue weighted by Crippen LogP contribution is -2.38. The molecular formula is C12H13FN2O2. The Kier molecular flexibility index (Phi) is 3.57. The highest BCUT2D eigenvalue weighted by Gasteiger charge is 2.23. The molecule has 0 spiro atoms. The second-order valence-electron chi connectivity index (χ2n) is 3.92. The summed E-state index contributed by atoms with van der Waals surface area (Å²) in [7, 11) is 0. The maximum atomic E-state index is 13.2. The van der Waals surface area contributed by atoms with Gasteiger partial charge in [0, 0.05) is 19.2 Å². The summed E-state index contributed by atoms with van der Waals surface area (Å²) in [5.41, 5.74) is 0.479. The van der Waals surface area contributed by atoms with Gasteiger partial charge in [0.25, 0.3) is 0 Å². The van der Waals surface area contributed by atoms with Crippen LogP contribution in [-0.2, 0) is 4.74 Å². The van der Waals surface area contributed by atoms with Crippen LogP contribution in [0.25, 0.3) is 0 Å². The third-order valence-electron chi connectivity index (χ3n) is 2.75. The van der Waals surface area contributed by atoms with Crippen LogP contribution in [0, 0.1) is 17.1 Å². The molecule has 2 rings (SSSR count). The fraction of sp³-hybridized carbons (Fsp3) is 0.417. The Morgan fingerprint density at radius 3 is 2.65 bits per heavy atom. The SMILES string of the molecule is N#CC(c1cc(O)cc(F)c1)N1CCOCC1. The number of phenols is 1. The Balaban J connectivity index is 2.25. The van der Waals surface area contributed by atoms with Gasteiger partial charge in [0.1, 0.15) is 17.6 Å². The molecule has 0 aliphatic carbocycles. The number of aromatic hydroxyl groups is 1. The predicted molar refractivity (Wildman–Crippen MR) is 58.8 cm³/mol. The molecule has 4 nitrogen and oxygen atoms in total.